The Labute approximate surface area is 213 Å². The average molecular weight is 467 g/mol. The molecule has 36 heavy (non-hydrogen) atoms. The van der Waals surface area contributed by atoms with Crippen molar-refractivity contribution >= 4 is 11.0 Å². The van der Waals surface area contributed by atoms with Crippen molar-refractivity contribution in [3.63, 3.8) is 0 Å². The van der Waals surface area contributed by atoms with E-state index in [0.29, 0.717) is 0 Å². The minimum Gasteiger partial charge on any atom is -0.248 e. The van der Waals surface area contributed by atoms with Crippen LogP contribution >= 0.6 is 0 Å². The van der Waals surface area contributed by atoms with Gasteiger partial charge in [-0.15, -0.1) is 0 Å². The summed E-state index contributed by atoms with van der Waals surface area (Å²) in [6.07, 6.45) is 2.10. The predicted octanol–water partition coefficient (Wildman–Crippen LogP) is 8.07. The van der Waals surface area contributed by atoms with Gasteiger partial charge in [0.25, 0.3) is 0 Å². The fourth-order valence-electron chi connectivity index (χ4n) is 7.26. The Morgan fingerprint density at radius 1 is 0.611 bits per heavy atom. The molecule has 1 heterocycles. The number of benzene rings is 4. The van der Waals surface area contributed by atoms with Gasteiger partial charge < -0.3 is 0 Å². The molecule has 0 spiro atoms. The number of para-hydroxylation sites is 2. The number of fused-ring (bicyclic) bond motifs is 9. The lowest BCUT2D eigenvalue weighted by Crippen LogP contribution is -2.30. The lowest BCUT2D eigenvalue weighted by Gasteiger charge is -2.37. The Hall–Kier alpha value is -3.78. The van der Waals surface area contributed by atoms with Gasteiger partial charge >= 0.3 is 0 Å². The molecule has 0 amide bonds. The highest BCUT2D eigenvalue weighted by Crippen LogP contribution is 2.68. The summed E-state index contributed by atoms with van der Waals surface area (Å²) in [6.45, 7) is 7.11. The third-order valence-corrected chi connectivity index (χ3v) is 8.23. The predicted molar refractivity (Wildman–Crippen MR) is 147 cm³/mol. The van der Waals surface area contributed by atoms with Gasteiger partial charge in [0.2, 0.25) is 0 Å². The smallest absolute Gasteiger partial charge is 0.0938 e. The topological polar surface area (TPSA) is 25.8 Å². The zero-order valence-corrected chi connectivity index (χ0v) is 21.1. The molecule has 0 saturated carbocycles. The van der Waals surface area contributed by atoms with E-state index in [0.717, 1.165) is 40.8 Å². The lowest BCUT2D eigenvalue weighted by molar-refractivity contribution is 0.285. The molecule has 0 fully saturated rings. The van der Waals surface area contributed by atoms with Crippen LogP contribution in [0.3, 0.4) is 0 Å². The molecule has 5 aromatic rings. The van der Waals surface area contributed by atoms with E-state index in [1.165, 1.54) is 22.3 Å². The second kappa shape index (κ2) is 7.36. The van der Waals surface area contributed by atoms with Gasteiger partial charge in [-0.05, 0) is 52.6 Å². The number of hydrogen-bond acceptors (Lipinski definition) is 2. The normalized spacial score (nSPS) is 22.0. The molecule has 0 atom stereocenters. The van der Waals surface area contributed by atoms with E-state index < -0.39 is 0 Å². The fraction of sp³-hybridized carbons (Fsp3) is 0.235. The Morgan fingerprint density at radius 2 is 1.11 bits per heavy atom. The van der Waals surface area contributed by atoms with Gasteiger partial charge in [0.1, 0.15) is 0 Å². The van der Waals surface area contributed by atoms with Crippen LogP contribution in [0, 0.1) is 5.41 Å². The van der Waals surface area contributed by atoms with Crippen LogP contribution in [0.15, 0.2) is 103 Å². The van der Waals surface area contributed by atoms with Gasteiger partial charge in [-0.2, -0.15) is 0 Å². The van der Waals surface area contributed by atoms with Gasteiger partial charge in [-0.1, -0.05) is 112 Å². The van der Waals surface area contributed by atoms with Crippen LogP contribution in [0.25, 0.3) is 22.3 Å². The Bertz CT molecular complexity index is 1580. The van der Waals surface area contributed by atoms with E-state index in [4.69, 9.17) is 9.97 Å². The van der Waals surface area contributed by atoms with Crippen LogP contribution in [0.2, 0.25) is 0 Å². The van der Waals surface area contributed by atoms with Gasteiger partial charge in [0, 0.05) is 11.0 Å². The van der Waals surface area contributed by atoms with Gasteiger partial charge in [0.05, 0.1) is 27.8 Å². The third-order valence-electron chi connectivity index (χ3n) is 8.23. The first-order chi connectivity index (χ1) is 17.4. The van der Waals surface area contributed by atoms with Crippen molar-refractivity contribution in [2.75, 3.05) is 0 Å². The first-order valence-electron chi connectivity index (χ1n) is 13.0. The second-order valence-corrected chi connectivity index (χ2v) is 11.8. The van der Waals surface area contributed by atoms with Crippen molar-refractivity contribution in [2.24, 2.45) is 5.41 Å². The molecule has 2 aliphatic rings. The van der Waals surface area contributed by atoms with Crippen LogP contribution in [-0.4, -0.2) is 9.97 Å². The minimum atomic E-state index is -0.333. The quantitative estimate of drug-likeness (QED) is 0.269. The van der Waals surface area contributed by atoms with Gasteiger partial charge in [-0.25, -0.2) is 9.97 Å². The zero-order chi connectivity index (χ0) is 24.5. The minimum absolute atomic E-state index is 0.0350. The molecule has 4 aromatic carbocycles. The van der Waals surface area contributed by atoms with Crippen LogP contribution < -0.4 is 0 Å². The van der Waals surface area contributed by atoms with E-state index in [9.17, 15) is 0 Å². The summed E-state index contributed by atoms with van der Waals surface area (Å²) >= 11 is 0. The average Bonchev–Trinajstić information content (AvgIpc) is 3.35. The maximum Gasteiger partial charge on any atom is 0.0938 e. The molecule has 0 N–H and O–H groups in total. The molecule has 0 aliphatic heterocycles. The summed E-state index contributed by atoms with van der Waals surface area (Å²) in [5, 5.41) is 0. The standard InChI is InChI=1S/C34H30N2/c1-32(2,3)21-33-22-34(26-17-9-7-15-24(26)33,27-18-10-8-16-25(27)33)31-30(23-13-5-4-6-14-23)35-28-19-11-12-20-29(28)36-31/h4-20H,21-22H2,1-3H3. The van der Waals surface area contributed by atoms with Crippen molar-refractivity contribution in [1.29, 1.82) is 0 Å². The molecule has 0 saturated heterocycles. The van der Waals surface area contributed by atoms with Crippen molar-refractivity contribution < 1.29 is 0 Å². The monoisotopic (exact) mass is 466 g/mol. The van der Waals surface area contributed by atoms with E-state index in [1.807, 2.05) is 6.07 Å². The number of aromatic nitrogens is 2. The summed E-state index contributed by atoms with van der Waals surface area (Å²) in [4.78, 5) is 10.7. The molecule has 2 bridgehead atoms. The van der Waals surface area contributed by atoms with Crippen molar-refractivity contribution in [3.05, 3.63) is 131 Å². The molecule has 0 radical (unpaired) electrons. The highest BCUT2D eigenvalue weighted by atomic mass is 14.9. The van der Waals surface area contributed by atoms with Gasteiger partial charge in [-0.3, -0.25) is 0 Å². The summed E-state index contributed by atoms with van der Waals surface area (Å²) in [5.74, 6) is 0. The van der Waals surface area contributed by atoms with Crippen LogP contribution in [-0.2, 0) is 10.8 Å². The van der Waals surface area contributed by atoms with Crippen molar-refractivity contribution in [2.45, 2.75) is 44.4 Å². The molecular formula is C34H30N2. The Balaban J connectivity index is 1.62. The fourth-order valence-corrected chi connectivity index (χ4v) is 7.26. The van der Waals surface area contributed by atoms with E-state index in [-0.39, 0.29) is 16.2 Å². The molecule has 0 unspecified atom stereocenters. The van der Waals surface area contributed by atoms with Gasteiger partial charge in [0.15, 0.2) is 0 Å². The highest BCUT2D eigenvalue weighted by molar-refractivity contribution is 5.82. The van der Waals surface area contributed by atoms with Crippen LogP contribution in [0.5, 0.6) is 0 Å². The molecule has 176 valence electrons. The van der Waals surface area contributed by atoms with E-state index in [1.54, 1.807) is 0 Å². The summed E-state index contributed by atoms with van der Waals surface area (Å²) in [6, 6.07) is 37.2. The molecule has 2 nitrogen and oxygen atoms in total. The summed E-state index contributed by atoms with van der Waals surface area (Å²) in [5.41, 5.74) is 10.6. The number of rotatable bonds is 3. The molecule has 2 aliphatic carbocycles. The van der Waals surface area contributed by atoms with Crippen molar-refractivity contribution in [1.82, 2.24) is 9.97 Å². The number of nitrogens with zero attached hydrogens (tertiary/aromatic N) is 2. The van der Waals surface area contributed by atoms with Crippen molar-refractivity contribution in [3.8, 4) is 11.3 Å². The first kappa shape index (κ1) is 21.5. The molecule has 1 aromatic heterocycles. The highest BCUT2D eigenvalue weighted by Gasteiger charge is 2.63. The first-order valence-corrected chi connectivity index (χ1v) is 13.0. The molecular weight excluding hydrogens is 436 g/mol. The largest absolute Gasteiger partial charge is 0.248 e. The molecule has 7 rings (SSSR count). The van der Waals surface area contributed by atoms with Crippen LogP contribution in [0.4, 0.5) is 0 Å². The van der Waals surface area contributed by atoms with E-state index in [2.05, 4.69) is 118 Å². The Morgan fingerprint density at radius 3 is 1.69 bits per heavy atom. The third kappa shape index (κ3) is 2.85. The summed E-state index contributed by atoms with van der Waals surface area (Å²) < 4.78 is 0. The Kier molecular flexibility index (Phi) is 4.40. The SMILES string of the molecule is CC(C)(C)CC12CC(c3nc4ccccc4nc3-c3ccccc3)(c3ccccc31)c1ccccc12. The second-order valence-electron chi connectivity index (χ2n) is 11.8. The zero-order valence-electron chi connectivity index (χ0n) is 21.1. The van der Waals surface area contributed by atoms with Crippen LogP contribution in [0.1, 0.15) is 61.6 Å². The lowest BCUT2D eigenvalue weighted by atomic mass is 9.66. The molecule has 2 heteroatoms. The maximum atomic E-state index is 5.47. The van der Waals surface area contributed by atoms with E-state index >= 15 is 0 Å². The number of hydrogen-bond donors (Lipinski definition) is 0. The summed E-state index contributed by atoms with van der Waals surface area (Å²) in [7, 11) is 0. The maximum absolute atomic E-state index is 5.47.